The van der Waals surface area contributed by atoms with Crippen LogP contribution in [0.25, 0.3) is 0 Å². The van der Waals surface area contributed by atoms with E-state index in [1.54, 1.807) is 24.0 Å². The van der Waals surface area contributed by atoms with Gasteiger partial charge < -0.3 is 4.90 Å². The Balaban J connectivity index is 3.98. The molecule has 0 aliphatic rings. The lowest BCUT2D eigenvalue weighted by Gasteiger charge is -2.21. The summed E-state index contributed by atoms with van der Waals surface area (Å²) in [4.78, 5) is 12.8. The molecule has 0 spiro atoms. The highest BCUT2D eigenvalue weighted by molar-refractivity contribution is 5.77. The molecule has 0 saturated carbocycles. The van der Waals surface area contributed by atoms with Gasteiger partial charge in [0, 0.05) is 27.4 Å². The van der Waals surface area contributed by atoms with Gasteiger partial charge >= 0.3 is 0 Å². The Morgan fingerprint density at radius 1 is 1.46 bits per heavy atom. The van der Waals surface area contributed by atoms with Crippen LogP contribution in [0.3, 0.4) is 0 Å². The smallest absolute Gasteiger partial charge is 0.243 e. The van der Waals surface area contributed by atoms with Crippen LogP contribution in [0, 0.1) is 5.92 Å². The summed E-state index contributed by atoms with van der Waals surface area (Å²) in [6.45, 7) is 8.68. The van der Waals surface area contributed by atoms with E-state index >= 15 is 0 Å². The maximum atomic E-state index is 11.3. The number of hydrazone groups is 1. The van der Waals surface area contributed by atoms with Crippen LogP contribution < -0.4 is 0 Å². The SMILES string of the molecule is C=NN(CC(=O)N(C)C)CC(C)C. The molecule has 0 aliphatic carbocycles. The molecule has 0 radical (unpaired) electrons. The summed E-state index contributed by atoms with van der Waals surface area (Å²) in [6, 6.07) is 0. The van der Waals surface area contributed by atoms with E-state index in [1.807, 2.05) is 0 Å². The van der Waals surface area contributed by atoms with Gasteiger partial charge in [-0.05, 0) is 5.92 Å². The molecule has 0 rings (SSSR count). The molecule has 0 aromatic carbocycles. The van der Waals surface area contributed by atoms with Gasteiger partial charge in [0.25, 0.3) is 0 Å². The van der Waals surface area contributed by atoms with Gasteiger partial charge in [-0.2, -0.15) is 5.10 Å². The molecule has 0 heterocycles. The van der Waals surface area contributed by atoms with E-state index in [4.69, 9.17) is 0 Å². The van der Waals surface area contributed by atoms with E-state index in [1.165, 1.54) is 0 Å². The maximum Gasteiger partial charge on any atom is 0.243 e. The van der Waals surface area contributed by atoms with Crippen molar-refractivity contribution >= 4 is 12.6 Å². The van der Waals surface area contributed by atoms with Crippen LogP contribution in [-0.2, 0) is 4.79 Å². The van der Waals surface area contributed by atoms with Crippen molar-refractivity contribution in [1.29, 1.82) is 0 Å². The van der Waals surface area contributed by atoms with Gasteiger partial charge in [0.1, 0.15) is 6.54 Å². The highest BCUT2D eigenvalue weighted by atomic mass is 16.2. The van der Waals surface area contributed by atoms with Crippen LogP contribution >= 0.6 is 0 Å². The Hall–Kier alpha value is -1.06. The first kappa shape index (κ1) is 11.9. The molecule has 76 valence electrons. The van der Waals surface area contributed by atoms with Gasteiger partial charge in [-0.15, -0.1) is 0 Å². The molecule has 0 bridgehead atoms. The number of rotatable bonds is 5. The van der Waals surface area contributed by atoms with Crippen molar-refractivity contribution in [1.82, 2.24) is 9.91 Å². The minimum Gasteiger partial charge on any atom is -0.347 e. The first-order chi connectivity index (χ1) is 5.97. The van der Waals surface area contributed by atoms with Crippen LogP contribution in [0.2, 0.25) is 0 Å². The number of carbonyl (C=O) groups excluding carboxylic acids is 1. The number of likely N-dealkylation sites (N-methyl/N-ethyl adjacent to an activating group) is 1. The molecule has 0 unspecified atom stereocenters. The van der Waals surface area contributed by atoms with Crippen molar-refractivity contribution in [2.45, 2.75) is 13.8 Å². The minimum absolute atomic E-state index is 0.0491. The first-order valence-corrected chi connectivity index (χ1v) is 4.39. The number of hydrogen-bond donors (Lipinski definition) is 0. The van der Waals surface area contributed by atoms with Crippen LogP contribution in [0.5, 0.6) is 0 Å². The summed E-state index contributed by atoms with van der Waals surface area (Å²) in [5.41, 5.74) is 0. The average molecular weight is 185 g/mol. The topological polar surface area (TPSA) is 35.9 Å². The quantitative estimate of drug-likeness (QED) is 0.465. The van der Waals surface area contributed by atoms with Gasteiger partial charge in [0.15, 0.2) is 0 Å². The van der Waals surface area contributed by atoms with E-state index in [0.717, 1.165) is 6.54 Å². The van der Waals surface area contributed by atoms with Crippen LogP contribution in [0.1, 0.15) is 13.8 Å². The number of carbonyl (C=O) groups is 1. The Morgan fingerprint density at radius 3 is 2.31 bits per heavy atom. The zero-order valence-electron chi connectivity index (χ0n) is 8.95. The third kappa shape index (κ3) is 5.22. The van der Waals surface area contributed by atoms with Crippen molar-refractivity contribution in [3.8, 4) is 0 Å². The molecular formula is C9H19N3O. The summed E-state index contributed by atoms with van der Waals surface area (Å²) >= 11 is 0. The van der Waals surface area contributed by atoms with Crippen molar-refractivity contribution in [2.75, 3.05) is 27.2 Å². The second-order valence-corrected chi connectivity index (χ2v) is 3.67. The minimum atomic E-state index is 0.0491. The van der Waals surface area contributed by atoms with Crippen LogP contribution in [0.15, 0.2) is 5.10 Å². The van der Waals surface area contributed by atoms with Crippen molar-refractivity contribution in [3.63, 3.8) is 0 Å². The fraction of sp³-hybridized carbons (Fsp3) is 0.778. The molecule has 0 aromatic heterocycles. The second kappa shape index (κ2) is 5.56. The van der Waals surface area contributed by atoms with Crippen LogP contribution in [-0.4, -0.2) is 49.7 Å². The zero-order chi connectivity index (χ0) is 10.4. The Bertz CT molecular complexity index is 178. The summed E-state index contributed by atoms with van der Waals surface area (Å²) in [5, 5.41) is 5.47. The lowest BCUT2D eigenvalue weighted by Crippen LogP contribution is -2.35. The van der Waals surface area contributed by atoms with Crippen LogP contribution in [0.4, 0.5) is 0 Å². The molecule has 13 heavy (non-hydrogen) atoms. The average Bonchev–Trinajstić information content (AvgIpc) is 2.02. The monoisotopic (exact) mass is 185 g/mol. The van der Waals surface area contributed by atoms with E-state index in [0.29, 0.717) is 12.5 Å². The maximum absolute atomic E-state index is 11.3. The Morgan fingerprint density at radius 2 is 2.00 bits per heavy atom. The molecule has 0 atom stereocenters. The molecule has 4 heteroatoms. The van der Waals surface area contributed by atoms with Gasteiger partial charge in [-0.25, -0.2) is 0 Å². The fourth-order valence-electron chi connectivity index (χ4n) is 0.891. The van der Waals surface area contributed by atoms with Crippen molar-refractivity contribution < 1.29 is 4.79 Å². The molecule has 0 N–H and O–H groups in total. The van der Waals surface area contributed by atoms with E-state index in [2.05, 4.69) is 25.7 Å². The molecule has 0 saturated heterocycles. The van der Waals surface area contributed by atoms with Gasteiger partial charge in [0.2, 0.25) is 5.91 Å². The highest BCUT2D eigenvalue weighted by Crippen LogP contribution is 1.98. The Kier molecular flexibility index (Phi) is 5.11. The molecule has 4 nitrogen and oxygen atoms in total. The molecular weight excluding hydrogens is 166 g/mol. The predicted molar refractivity (Wildman–Crippen MR) is 54.7 cm³/mol. The summed E-state index contributed by atoms with van der Waals surface area (Å²) in [6.07, 6.45) is 0. The summed E-state index contributed by atoms with van der Waals surface area (Å²) < 4.78 is 0. The van der Waals surface area contributed by atoms with Gasteiger partial charge in [0.05, 0.1) is 0 Å². The molecule has 0 fully saturated rings. The lowest BCUT2D eigenvalue weighted by molar-refractivity contribution is -0.130. The standard InChI is InChI=1S/C9H19N3O/c1-8(2)6-12(10-3)7-9(13)11(4)5/h8H,3,6-7H2,1-2,4-5H3. The molecule has 0 aliphatic heterocycles. The number of hydrogen-bond acceptors (Lipinski definition) is 3. The third-order valence-corrected chi connectivity index (χ3v) is 1.59. The van der Waals surface area contributed by atoms with Crippen molar-refractivity contribution in [3.05, 3.63) is 0 Å². The van der Waals surface area contributed by atoms with E-state index in [-0.39, 0.29) is 5.91 Å². The van der Waals surface area contributed by atoms with Gasteiger partial charge in [-0.1, -0.05) is 13.8 Å². The highest BCUT2D eigenvalue weighted by Gasteiger charge is 2.10. The zero-order valence-corrected chi connectivity index (χ0v) is 8.95. The summed E-state index contributed by atoms with van der Waals surface area (Å²) in [7, 11) is 3.47. The van der Waals surface area contributed by atoms with E-state index < -0.39 is 0 Å². The summed E-state index contributed by atoms with van der Waals surface area (Å²) in [5.74, 6) is 0.536. The predicted octanol–water partition coefficient (Wildman–Crippen LogP) is 0.648. The van der Waals surface area contributed by atoms with Gasteiger partial charge in [-0.3, -0.25) is 9.80 Å². The lowest BCUT2D eigenvalue weighted by atomic mass is 10.2. The third-order valence-electron chi connectivity index (χ3n) is 1.59. The number of amides is 1. The van der Waals surface area contributed by atoms with E-state index in [9.17, 15) is 4.79 Å². The molecule has 0 aromatic rings. The second-order valence-electron chi connectivity index (χ2n) is 3.67. The Labute approximate surface area is 80.2 Å². The first-order valence-electron chi connectivity index (χ1n) is 4.39. The fourth-order valence-corrected chi connectivity index (χ4v) is 0.891. The number of nitrogens with zero attached hydrogens (tertiary/aromatic N) is 3. The molecule has 1 amide bonds. The van der Waals surface area contributed by atoms with Crippen molar-refractivity contribution in [2.24, 2.45) is 11.0 Å². The largest absolute Gasteiger partial charge is 0.347 e. The normalized spacial score (nSPS) is 9.92.